The van der Waals surface area contributed by atoms with Gasteiger partial charge >= 0.3 is 0 Å². The van der Waals surface area contributed by atoms with Gasteiger partial charge in [-0.25, -0.2) is 0 Å². The smallest absolute Gasteiger partial charge is 0.0634 e. The maximum absolute atomic E-state index is 2.50. The molecule has 0 spiro atoms. The fourth-order valence-electron chi connectivity index (χ4n) is 9.08. The summed E-state index contributed by atoms with van der Waals surface area (Å²) in [7, 11) is 2.24. The number of rotatable bonds is 2. The van der Waals surface area contributed by atoms with Crippen molar-refractivity contribution in [3.8, 4) is 27.9 Å². The lowest BCUT2D eigenvalue weighted by Crippen LogP contribution is -2.15. The van der Waals surface area contributed by atoms with Crippen LogP contribution in [-0.2, 0) is 12.5 Å². The van der Waals surface area contributed by atoms with Gasteiger partial charge in [0, 0.05) is 70.9 Å². The van der Waals surface area contributed by atoms with Crippen LogP contribution in [0.5, 0.6) is 0 Å². The molecule has 0 atom stereocenters. The summed E-state index contributed by atoms with van der Waals surface area (Å²) in [5, 5.41) is 7.90. The maximum Gasteiger partial charge on any atom is 0.0634 e. The van der Waals surface area contributed by atoms with Gasteiger partial charge in [0.25, 0.3) is 0 Å². The predicted molar refractivity (Wildman–Crippen MR) is 211 cm³/mol. The van der Waals surface area contributed by atoms with E-state index in [4.69, 9.17) is 0 Å². The van der Waals surface area contributed by atoms with E-state index in [9.17, 15) is 0 Å². The van der Waals surface area contributed by atoms with Crippen LogP contribution < -0.4 is 0 Å². The molecule has 11 rings (SSSR count). The van der Waals surface area contributed by atoms with Gasteiger partial charge in [0.15, 0.2) is 0 Å². The van der Waals surface area contributed by atoms with Crippen LogP contribution in [0.3, 0.4) is 0 Å². The second-order valence-corrected chi connectivity index (χ2v) is 15.2. The van der Waals surface area contributed by atoms with Crippen LogP contribution in [0.2, 0.25) is 0 Å². The Kier molecular flexibility index (Phi) is 5.29. The number of hydrogen-bond donors (Lipinski definition) is 0. The van der Waals surface area contributed by atoms with E-state index in [1.807, 2.05) is 11.3 Å². The molecule has 0 bridgehead atoms. The molecule has 0 amide bonds. The first-order valence-electron chi connectivity index (χ1n) is 17.1. The quantitative estimate of drug-likeness (QED) is 0.177. The van der Waals surface area contributed by atoms with Gasteiger partial charge in [-0.15, -0.1) is 11.3 Å². The monoisotopic (exact) mass is 644 g/mol. The van der Waals surface area contributed by atoms with E-state index >= 15 is 0 Å². The van der Waals surface area contributed by atoms with Crippen molar-refractivity contribution in [2.45, 2.75) is 19.3 Å². The van der Waals surface area contributed by atoms with E-state index < -0.39 is 0 Å². The van der Waals surface area contributed by atoms with Gasteiger partial charge in [0.05, 0.1) is 16.6 Å². The summed E-state index contributed by atoms with van der Waals surface area (Å²) in [5.41, 5.74) is 14.3. The van der Waals surface area contributed by atoms with Gasteiger partial charge in [-0.1, -0.05) is 111 Å². The van der Waals surface area contributed by atoms with Crippen LogP contribution in [0, 0.1) is 0 Å². The van der Waals surface area contributed by atoms with Crippen molar-refractivity contribution in [1.29, 1.82) is 0 Å². The Morgan fingerprint density at radius 2 is 1.20 bits per heavy atom. The molecule has 0 aliphatic heterocycles. The molecule has 2 nitrogen and oxygen atoms in total. The molecule has 3 aromatic heterocycles. The van der Waals surface area contributed by atoms with Crippen molar-refractivity contribution in [3.05, 3.63) is 151 Å². The molecular weight excluding hydrogens is 613 g/mol. The average Bonchev–Trinajstić information content (AvgIpc) is 3.84. The number of aromatic nitrogens is 2. The van der Waals surface area contributed by atoms with Crippen LogP contribution in [0.4, 0.5) is 0 Å². The second kappa shape index (κ2) is 9.49. The summed E-state index contributed by atoms with van der Waals surface area (Å²) in [5.74, 6) is 0. The fraction of sp³-hybridized carbons (Fsp3) is 0.0870. The summed E-state index contributed by atoms with van der Waals surface area (Å²) >= 11 is 1.88. The van der Waals surface area contributed by atoms with Gasteiger partial charge in [0.1, 0.15) is 0 Å². The highest BCUT2D eigenvalue weighted by atomic mass is 32.1. The zero-order chi connectivity index (χ0) is 32.6. The number of aryl methyl sites for hydroxylation is 1. The summed E-state index contributed by atoms with van der Waals surface area (Å²) < 4.78 is 7.58. The number of nitrogens with zero attached hydrogens (tertiary/aromatic N) is 2. The van der Waals surface area contributed by atoms with Gasteiger partial charge in [0.2, 0.25) is 0 Å². The minimum absolute atomic E-state index is 0.0943. The third kappa shape index (κ3) is 3.45. The second-order valence-electron chi connectivity index (χ2n) is 14.1. The zero-order valence-electron chi connectivity index (χ0n) is 27.6. The van der Waals surface area contributed by atoms with E-state index in [2.05, 4.69) is 170 Å². The Morgan fingerprint density at radius 3 is 2.04 bits per heavy atom. The van der Waals surface area contributed by atoms with Crippen molar-refractivity contribution < 1.29 is 0 Å². The van der Waals surface area contributed by atoms with E-state index in [1.165, 1.54) is 103 Å². The summed E-state index contributed by atoms with van der Waals surface area (Å²) in [6, 6.07) is 52.1. The molecule has 0 saturated carbocycles. The van der Waals surface area contributed by atoms with Crippen molar-refractivity contribution in [2.24, 2.45) is 7.05 Å². The van der Waals surface area contributed by atoms with Crippen LogP contribution >= 0.6 is 11.3 Å². The predicted octanol–water partition coefficient (Wildman–Crippen LogP) is 12.8. The van der Waals surface area contributed by atoms with Gasteiger partial charge in [-0.05, 0) is 70.3 Å². The summed E-state index contributed by atoms with van der Waals surface area (Å²) in [4.78, 5) is 0. The zero-order valence-corrected chi connectivity index (χ0v) is 28.4. The lowest BCUT2D eigenvalue weighted by molar-refractivity contribution is 0.661. The highest BCUT2D eigenvalue weighted by molar-refractivity contribution is 7.26. The van der Waals surface area contributed by atoms with E-state index in [-0.39, 0.29) is 5.41 Å². The maximum atomic E-state index is 2.50. The molecule has 3 heteroatoms. The molecule has 0 radical (unpaired) electrons. The van der Waals surface area contributed by atoms with E-state index in [0.717, 1.165) is 0 Å². The number of thiophene rings is 1. The van der Waals surface area contributed by atoms with Crippen LogP contribution in [-0.4, -0.2) is 9.13 Å². The Balaban J connectivity index is 1.20. The molecule has 0 fully saturated rings. The molecule has 0 saturated heterocycles. The number of benzene rings is 7. The van der Waals surface area contributed by atoms with Gasteiger partial charge < -0.3 is 9.13 Å². The minimum Gasteiger partial charge on any atom is -0.343 e. The SMILES string of the molecule is Cn1c2ccccc2c2c(-c3ccc(-n4c5ccccc5c5ccc6sc7ccccc7c6c54)cc3)cc3c(c21)-c1ccccc1C3(C)C. The van der Waals surface area contributed by atoms with Crippen LogP contribution in [0.1, 0.15) is 25.0 Å². The topological polar surface area (TPSA) is 9.86 Å². The first-order chi connectivity index (χ1) is 24.0. The lowest BCUT2D eigenvalue weighted by Gasteiger charge is -2.22. The summed E-state index contributed by atoms with van der Waals surface area (Å²) in [6.07, 6.45) is 0. The molecule has 232 valence electrons. The van der Waals surface area contributed by atoms with Crippen molar-refractivity contribution in [3.63, 3.8) is 0 Å². The molecular formula is C46H32N2S. The molecule has 3 heterocycles. The standard InChI is InChI=1S/C46H32N2S/c1-46(2)35-16-8-4-13-31(35)42-36(46)26-34(41-32-14-6-9-17-37(32)47(3)45(41)42)27-20-22-28(23-21-27)48-38-18-10-5-12-29(38)30-24-25-40-43(44(30)48)33-15-7-11-19-39(33)49-40/h4-26H,1-3H3. The highest BCUT2D eigenvalue weighted by Crippen LogP contribution is 2.54. The van der Waals surface area contributed by atoms with Gasteiger partial charge in [-0.3, -0.25) is 0 Å². The highest BCUT2D eigenvalue weighted by Gasteiger charge is 2.38. The van der Waals surface area contributed by atoms with Gasteiger partial charge in [-0.2, -0.15) is 0 Å². The normalized spacial score (nSPS) is 13.8. The van der Waals surface area contributed by atoms with Crippen molar-refractivity contribution >= 4 is 75.1 Å². The molecule has 0 unspecified atom stereocenters. The fourth-order valence-corrected chi connectivity index (χ4v) is 10.2. The number of hydrogen-bond acceptors (Lipinski definition) is 1. The van der Waals surface area contributed by atoms with Crippen molar-refractivity contribution in [2.75, 3.05) is 0 Å². The Labute approximate surface area is 288 Å². The molecule has 1 aliphatic rings. The van der Waals surface area contributed by atoms with E-state index in [0.29, 0.717) is 0 Å². The Hall–Kier alpha value is -5.64. The van der Waals surface area contributed by atoms with Crippen LogP contribution in [0.15, 0.2) is 140 Å². The number of para-hydroxylation sites is 2. The third-order valence-corrected chi connectivity index (χ3v) is 12.5. The lowest BCUT2D eigenvalue weighted by atomic mass is 9.81. The minimum atomic E-state index is -0.0943. The average molecular weight is 645 g/mol. The molecule has 7 aromatic carbocycles. The summed E-state index contributed by atoms with van der Waals surface area (Å²) in [6.45, 7) is 4.77. The number of fused-ring (bicyclic) bond motifs is 14. The Bertz CT molecular complexity index is 3020. The Morgan fingerprint density at radius 1 is 0.510 bits per heavy atom. The first kappa shape index (κ1) is 27.3. The van der Waals surface area contributed by atoms with Crippen molar-refractivity contribution in [1.82, 2.24) is 9.13 Å². The molecule has 1 aliphatic carbocycles. The largest absolute Gasteiger partial charge is 0.343 e. The molecule has 10 aromatic rings. The van der Waals surface area contributed by atoms with E-state index in [1.54, 1.807) is 0 Å². The first-order valence-corrected chi connectivity index (χ1v) is 17.9. The molecule has 0 N–H and O–H groups in total. The molecule has 49 heavy (non-hydrogen) atoms. The third-order valence-electron chi connectivity index (χ3n) is 11.3. The van der Waals surface area contributed by atoms with Crippen LogP contribution in [0.25, 0.3) is 91.7 Å².